The van der Waals surface area contributed by atoms with Crippen molar-refractivity contribution in [1.82, 2.24) is 9.03 Å². The quantitative estimate of drug-likeness (QED) is 0.829. The number of nitrogens with zero attached hydrogens (tertiary/aromatic N) is 1. The van der Waals surface area contributed by atoms with Gasteiger partial charge < -0.3 is 5.11 Å². The number of aliphatic hydroxyl groups excluding tert-OH is 1. The minimum atomic E-state index is -3.34. The average molecular weight is 304 g/mol. The van der Waals surface area contributed by atoms with Crippen molar-refractivity contribution in [3.63, 3.8) is 0 Å². The second-order valence-corrected chi connectivity index (χ2v) is 7.89. The maximum absolute atomic E-state index is 12.4. The lowest BCUT2D eigenvalue weighted by Crippen LogP contribution is -2.48. The largest absolute Gasteiger partial charge is 0.396 e. The van der Waals surface area contributed by atoms with Crippen molar-refractivity contribution in [1.29, 1.82) is 0 Å². The molecule has 1 heterocycles. The van der Waals surface area contributed by atoms with Gasteiger partial charge in [-0.1, -0.05) is 32.1 Å². The number of rotatable bonds is 4. The van der Waals surface area contributed by atoms with E-state index in [2.05, 4.69) is 4.72 Å². The second kappa shape index (κ2) is 7.73. The molecule has 20 heavy (non-hydrogen) atoms. The fraction of sp³-hybridized carbons (Fsp3) is 1.00. The fourth-order valence-corrected chi connectivity index (χ4v) is 4.69. The standard InChI is InChI=1S/C14H28N2O3S/c17-12-13-8-10-16(11-9-13)20(18,19)15-14-6-4-2-1-3-5-7-14/h13-15,17H,1-12H2. The topological polar surface area (TPSA) is 69.6 Å². The molecule has 0 aromatic heterocycles. The van der Waals surface area contributed by atoms with E-state index < -0.39 is 10.2 Å². The molecule has 2 fully saturated rings. The van der Waals surface area contributed by atoms with Crippen LogP contribution in [0.15, 0.2) is 0 Å². The van der Waals surface area contributed by atoms with Gasteiger partial charge in [0, 0.05) is 25.7 Å². The highest BCUT2D eigenvalue weighted by Crippen LogP contribution is 2.21. The van der Waals surface area contributed by atoms with E-state index in [0.717, 1.165) is 38.5 Å². The summed E-state index contributed by atoms with van der Waals surface area (Å²) in [4.78, 5) is 0. The summed E-state index contributed by atoms with van der Waals surface area (Å²) in [6, 6.07) is 0.107. The van der Waals surface area contributed by atoms with E-state index in [0.29, 0.717) is 13.1 Å². The zero-order valence-electron chi connectivity index (χ0n) is 12.3. The predicted molar refractivity (Wildman–Crippen MR) is 79.5 cm³/mol. The molecular weight excluding hydrogens is 276 g/mol. The van der Waals surface area contributed by atoms with E-state index in [1.807, 2.05) is 0 Å². The summed E-state index contributed by atoms with van der Waals surface area (Å²) in [6.07, 6.45) is 9.44. The monoisotopic (exact) mass is 304 g/mol. The van der Waals surface area contributed by atoms with Crippen LogP contribution in [0.4, 0.5) is 0 Å². The third kappa shape index (κ3) is 4.69. The summed E-state index contributed by atoms with van der Waals surface area (Å²) in [5.74, 6) is 0.267. The molecule has 0 amide bonds. The van der Waals surface area contributed by atoms with Gasteiger partial charge in [-0.3, -0.25) is 0 Å². The molecule has 1 aliphatic heterocycles. The van der Waals surface area contributed by atoms with E-state index in [-0.39, 0.29) is 18.6 Å². The maximum atomic E-state index is 12.4. The highest BCUT2D eigenvalue weighted by atomic mass is 32.2. The predicted octanol–water partition coefficient (Wildman–Crippen LogP) is 1.64. The van der Waals surface area contributed by atoms with Crippen molar-refractivity contribution < 1.29 is 13.5 Å². The van der Waals surface area contributed by atoms with Crippen molar-refractivity contribution in [3.8, 4) is 0 Å². The maximum Gasteiger partial charge on any atom is 0.279 e. The van der Waals surface area contributed by atoms with Crippen molar-refractivity contribution >= 4 is 10.2 Å². The lowest BCUT2D eigenvalue weighted by molar-refractivity contribution is 0.169. The van der Waals surface area contributed by atoms with Crippen LogP contribution >= 0.6 is 0 Å². The van der Waals surface area contributed by atoms with Gasteiger partial charge in [-0.05, 0) is 31.6 Å². The van der Waals surface area contributed by atoms with Crippen LogP contribution in [-0.2, 0) is 10.2 Å². The van der Waals surface area contributed by atoms with E-state index in [9.17, 15) is 8.42 Å². The third-order valence-electron chi connectivity index (χ3n) is 4.59. The Morgan fingerprint density at radius 3 is 2.05 bits per heavy atom. The molecular formula is C14H28N2O3S. The average Bonchev–Trinajstić information content (AvgIpc) is 2.42. The smallest absolute Gasteiger partial charge is 0.279 e. The fourth-order valence-electron chi connectivity index (χ4n) is 3.19. The molecule has 5 nitrogen and oxygen atoms in total. The molecule has 0 aromatic carbocycles. The molecule has 1 aliphatic carbocycles. The van der Waals surface area contributed by atoms with Gasteiger partial charge in [0.25, 0.3) is 10.2 Å². The highest BCUT2D eigenvalue weighted by Gasteiger charge is 2.29. The molecule has 0 bridgehead atoms. The van der Waals surface area contributed by atoms with Gasteiger partial charge in [0.15, 0.2) is 0 Å². The van der Waals surface area contributed by atoms with Crippen LogP contribution in [0.2, 0.25) is 0 Å². The Morgan fingerprint density at radius 2 is 1.50 bits per heavy atom. The lowest BCUT2D eigenvalue weighted by Gasteiger charge is -2.32. The van der Waals surface area contributed by atoms with Gasteiger partial charge in [0.2, 0.25) is 0 Å². The number of hydrogen-bond acceptors (Lipinski definition) is 3. The Morgan fingerprint density at radius 1 is 0.950 bits per heavy atom. The van der Waals surface area contributed by atoms with Crippen LogP contribution in [0.5, 0.6) is 0 Å². The van der Waals surface area contributed by atoms with Gasteiger partial charge >= 0.3 is 0 Å². The molecule has 0 atom stereocenters. The minimum Gasteiger partial charge on any atom is -0.396 e. The van der Waals surface area contributed by atoms with Crippen LogP contribution in [0.1, 0.15) is 57.8 Å². The summed E-state index contributed by atoms with van der Waals surface area (Å²) in [7, 11) is -3.34. The Kier molecular flexibility index (Phi) is 6.26. The Labute approximate surface area is 122 Å². The van der Waals surface area contributed by atoms with E-state index in [1.165, 1.54) is 19.3 Å². The molecule has 6 heteroatoms. The molecule has 2 rings (SSSR count). The summed E-state index contributed by atoms with van der Waals surface area (Å²) in [6.45, 7) is 1.24. The van der Waals surface area contributed by atoms with Crippen LogP contribution in [0.3, 0.4) is 0 Å². The summed E-state index contributed by atoms with van der Waals surface area (Å²) in [5, 5.41) is 9.12. The van der Waals surface area contributed by atoms with Gasteiger partial charge in [-0.2, -0.15) is 17.4 Å². The van der Waals surface area contributed by atoms with Crippen LogP contribution in [-0.4, -0.2) is 43.6 Å². The summed E-state index contributed by atoms with van der Waals surface area (Å²) < 4.78 is 29.3. The Balaban J connectivity index is 1.86. The van der Waals surface area contributed by atoms with Crippen molar-refractivity contribution in [2.75, 3.05) is 19.7 Å². The number of piperidine rings is 1. The van der Waals surface area contributed by atoms with Crippen molar-refractivity contribution in [2.24, 2.45) is 5.92 Å². The number of hydrogen-bond donors (Lipinski definition) is 2. The molecule has 0 aromatic rings. The van der Waals surface area contributed by atoms with E-state index in [4.69, 9.17) is 5.11 Å². The SMILES string of the molecule is O=S(=O)(NC1CCCCCCC1)N1CCC(CO)CC1. The number of aliphatic hydroxyl groups is 1. The summed E-state index contributed by atoms with van der Waals surface area (Å²) >= 11 is 0. The molecule has 1 saturated heterocycles. The van der Waals surface area contributed by atoms with Crippen LogP contribution in [0, 0.1) is 5.92 Å². The first-order chi connectivity index (χ1) is 9.62. The van der Waals surface area contributed by atoms with Gasteiger partial charge in [-0.25, -0.2) is 0 Å². The second-order valence-electron chi connectivity index (χ2n) is 6.19. The molecule has 0 unspecified atom stereocenters. The number of nitrogens with one attached hydrogen (secondary N) is 1. The first-order valence-electron chi connectivity index (χ1n) is 8.00. The minimum absolute atomic E-state index is 0.107. The van der Waals surface area contributed by atoms with Crippen LogP contribution in [0.25, 0.3) is 0 Å². The molecule has 2 N–H and O–H groups in total. The first kappa shape index (κ1) is 16.2. The molecule has 1 saturated carbocycles. The molecule has 0 spiro atoms. The first-order valence-corrected chi connectivity index (χ1v) is 9.44. The molecule has 2 aliphatic rings. The molecule has 118 valence electrons. The third-order valence-corrected chi connectivity index (χ3v) is 6.27. The zero-order chi connectivity index (χ0) is 14.4. The highest BCUT2D eigenvalue weighted by molar-refractivity contribution is 7.87. The van der Waals surface area contributed by atoms with Crippen molar-refractivity contribution in [2.45, 2.75) is 63.8 Å². The summed E-state index contributed by atoms with van der Waals surface area (Å²) in [5.41, 5.74) is 0. The Hall–Kier alpha value is -0.170. The zero-order valence-corrected chi connectivity index (χ0v) is 13.1. The van der Waals surface area contributed by atoms with Gasteiger partial charge in [-0.15, -0.1) is 0 Å². The van der Waals surface area contributed by atoms with Gasteiger partial charge in [0.1, 0.15) is 0 Å². The molecule has 0 radical (unpaired) electrons. The normalized spacial score (nSPS) is 25.2. The van der Waals surface area contributed by atoms with Gasteiger partial charge in [0.05, 0.1) is 0 Å². The van der Waals surface area contributed by atoms with E-state index in [1.54, 1.807) is 4.31 Å². The Bertz CT molecular complexity index is 370. The van der Waals surface area contributed by atoms with Crippen LogP contribution < -0.4 is 4.72 Å². The lowest BCUT2D eigenvalue weighted by atomic mass is 9.97. The van der Waals surface area contributed by atoms with E-state index >= 15 is 0 Å². The van der Waals surface area contributed by atoms with Crippen molar-refractivity contribution in [3.05, 3.63) is 0 Å².